The van der Waals surface area contributed by atoms with Crippen molar-refractivity contribution >= 4 is 21.7 Å². The van der Waals surface area contributed by atoms with E-state index in [2.05, 4.69) is 0 Å². The number of ketones is 1. The van der Waals surface area contributed by atoms with Gasteiger partial charge in [-0.2, -0.15) is 4.31 Å². The smallest absolute Gasteiger partial charge is 0.253 e. The Morgan fingerprint density at radius 3 is 2.16 bits per heavy atom. The van der Waals surface area contributed by atoms with Gasteiger partial charge in [-0.25, -0.2) is 8.42 Å². The zero-order valence-electron chi connectivity index (χ0n) is 17.4. The molecule has 0 spiro atoms. The van der Waals surface area contributed by atoms with Crippen LogP contribution in [0.4, 0.5) is 0 Å². The normalized spacial score (nSPS) is 18.8. The highest BCUT2D eigenvalue weighted by Crippen LogP contribution is 2.21. The molecule has 0 radical (unpaired) electrons. The molecule has 31 heavy (non-hydrogen) atoms. The van der Waals surface area contributed by atoms with Gasteiger partial charge in [0.15, 0.2) is 5.76 Å². The van der Waals surface area contributed by atoms with E-state index in [-0.39, 0.29) is 23.1 Å². The molecule has 0 N–H and O–H groups in total. The second kappa shape index (κ2) is 9.33. The lowest BCUT2D eigenvalue weighted by molar-refractivity contribution is 0.0620. The average molecular weight is 446 g/mol. The monoisotopic (exact) mass is 445 g/mol. The Bertz CT molecular complexity index is 1000. The molecule has 0 atom stereocenters. The van der Waals surface area contributed by atoms with Crippen LogP contribution in [0.5, 0.6) is 0 Å². The van der Waals surface area contributed by atoms with Gasteiger partial charge in [-0.3, -0.25) is 14.5 Å². The van der Waals surface area contributed by atoms with Crippen LogP contribution in [0.1, 0.15) is 40.2 Å². The molecule has 0 unspecified atom stereocenters. The number of carbonyl (C=O) groups is 2. The van der Waals surface area contributed by atoms with Gasteiger partial charge in [-0.15, -0.1) is 0 Å². The maximum atomic E-state index is 12.8. The highest BCUT2D eigenvalue weighted by atomic mass is 32.2. The van der Waals surface area contributed by atoms with Gasteiger partial charge in [0.05, 0.1) is 17.7 Å². The number of benzene rings is 1. The van der Waals surface area contributed by atoms with Gasteiger partial charge in [0.25, 0.3) is 5.91 Å². The van der Waals surface area contributed by atoms with E-state index in [1.54, 1.807) is 29.2 Å². The lowest BCUT2D eigenvalue weighted by atomic mass is 10.1. The lowest BCUT2D eigenvalue weighted by Gasteiger charge is -2.34. The number of piperidine rings is 1. The molecule has 2 aromatic rings. The third-order valence-electron chi connectivity index (χ3n) is 5.88. The zero-order valence-corrected chi connectivity index (χ0v) is 18.2. The van der Waals surface area contributed by atoms with Crippen LogP contribution in [0.15, 0.2) is 52.0 Å². The molecular weight excluding hydrogens is 418 g/mol. The highest BCUT2D eigenvalue weighted by molar-refractivity contribution is 7.89. The van der Waals surface area contributed by atoms with Crippen LogP contribution in [0.25, 0.3) is 0 Å². The second-order valence-electron chi connectivity index (χ2n) is 7.96. The molecule has 1 amide bonds. The first kappa shape index (κ1) is 21.7. The first-order chi connectivity index (χ1) is 14.9. The molecular formula is C22H27N3O5S. The predicted octanol–water partition coefficient (Wildman–Crippen LogP) is 2.09. The van der Waals surface area contributed by atoms with Crippen LogP contribution in [0.2, 0.25) is 0 Å². The van der Waals surface area contributed by atoms with Crippen molar-refractivity contribution in [2.24, 2.45) is 0 Å². The highest BCUT2D eigenvalue weighted by Gasteiger charge is 2.27. The number of Topliss-reactive ketones (excluding diaryl/α,β-unsaturated/α-hetero) is 1. The van der Waals surface area contributed by atoms with Crippen molar-refractivity contribution in [3.8, 4) is 0 Å². The van der Waals surface area contributed by atoms with E-state index in [9.17, 15) is 18.0 Å². The van der Waals surface area contributed by atoms with Gasteiger partial charge in [-0.1, -0.05) is 6.42 Å². The summed E-state index contributed by atoms with van der Waals surface area (Å²) >= 11 is 0. The summed E-state index contributed by atoms with van der Waals surface area (Å²) in [5.41, 5.74) is 0.470. The minimum atomic E-state index is -3.50. The van der Waals surface area contributed by atoms with Crippen LogP contribution in [-0.2, 0) is 10.0 Å². The van der Waals surface area contributed by atoms with Crippen molar-refractivity contribution in [2.45, 2.75) is 24.2 Å². The van der Waals surface area contributed by atoms with Crippen molar-refractivity contribution in [1.82, 2.24) is 14.1 Å². The Balaban J connectivity index is 1.33. The molecule has 3 heterocycles. The maximum Gasteiger partial charge on any atom is 0.253 e. The molecule has 9 heteroatoms. The first-order valence-corrected chi connectivity index (χ1v) is 12.1. The van der Waals surface area contributed by atoms with E-state index in [0.29, 0.717) is 50.6 Å². The summed E-state index contributed by atoms with van der Waals surface area (Å²) in [5, 5.41) is 0. The Morgan fingerprint density at radius 2 is 1.55 bits per heavy atom. The van der Waals surface area contributed by atoms with E-state index < -0.39 is 10.0 Å². The Hall–Kier alpha value is -2.49. The quantitative estimate of drug-likeness (QED) is 0.633. The standard InChI is InChI=1S/C22H27N3O5S/c26-20(21-5-4-16-30-21)17-23-12-14-24(15-13-23)22(27)18-6-8-19(9-7-18)31(28,29)25-10-2-1-3-11-25/h4-9,16H,1-3,10-15,17H2. The number of amides is 1. The largest absolute Gasteiger partial charge is 0.461 e. The lowest BCUT2D eigenvalue weighted by Crippen LogP contribution is -2.49. The zero-order chi connectivity index (χ0) is 21.8. The maximum absolute atomic E-state index is 12.8. The van der Waals surface area contributed by atoms with Gasteiger partial charge < -0.3 is 9.32 Å². The molecule has 2 fully saturated rings. The minimum Gasteiger partial charge on any atom is -0.461 e. The third kappa shape index (κ3) is 4.89. The van der Waals surface area contributed by atoms with Crippen molar-refractivity contribution in [3.05, 3.63) is 54.0 Å². The average Bonchev–Trinajstić information content (AvgIpc) is 3.35. The minimum absolute atomic E-state index is 0.0738. The number of rotatable bonds is 6. The van der Waals surface area contributed by atoms with Crippen molar-refractivity contribution in [2.75, 3.05) is 45.8 Å². The van der Waals surface area contributed by atoms with E-state index in [0.717, 1.165) is 19.3 Å². The van der Waals surface area contributed by atoms with Crippen LogP contribution < -0.4 is 0 Å². The van der Waals surface area contributed by atoms with E-state index >= 15 is 0 Å². The van der Waals surface area contributed by atoms with Gasteiger partial charge in [0, 0.05) is 44.8 Å². The van der Waals surface area contributed by atoms with Crippen molar-refractivity contribution in [3.63, 3.8) is 0 Å². The summed E-state index contributed by atoms with van der Waals surface area (Å²) in [7, 11) is -3.50. The molecule has 8 nitrogen and oxygen atoms in total. The number of sulfonamides is 1. The fourth-order valence-corrected chi connectivity index (χ4v) is 5.55. The number of piperazine rings is 1. The van der Waals surface area contributed by atoms with Crippen molar-refractivity contribution in [1.29, 1.82) is 0 Å². The van der Waals surface area contributed by atoms with Crippen LogP contribution >= 0.6 is 0 Å². The van der Waals surface area contributed by atoms with Gasteiger partial charge in [0.1, 0.15) is 0 Å². The number of carbonyl (C=O) groups excluding carboxylic acids is 2. The molecule has 166 valence electrons. The fraction of sp³-hybridized carbons (Fsp3) is 0.455. The second-order valence-corrected chi connectivity index (χ2v) is 9.90. The Morgan fingerprint density at radius 1 is 0.871 bits per heavy atom. The van der Waals surface area contributed by atoms with Crippen molar-refractivity contribution < 1.29 is 22.4 Å². The molecule has 2 aliphatic heterocycles. The summed E-state index contributed by atoms with van der Waals surface area (Å²) in [6.07, 6.45) is 4.31. The molecule has 0 bridgehead atoms. The van der Waals surface area contributed by atoms with Crippen LogP contribution in [0.3, 0.4) is 0 Å². The number of nitrogens with zero attached hydrogens (tertiary/aromatic N) is 3. The van der Waals surface area contributed by atoms with E-state index in [4.69, 9.17) is 4.42 Å². The van der Waals surface area contributed by atoms with Crippen LogP contribution in [0, 0.1) is 0 Å². The summed E-state index contributed by atoms with van der Waals surface area (Å²) in [5.74, 6) is 0.146. The Labute approximate surface area is 182 Å². The van der Waals surface area contributed by atoms with Crippen LogP contribution in [-0.4, -0.2) is 80.0 Å². The number of hydrogen-bond acceptors (Lipinski definition) is 6. The summed E-state index contributed by atoms with van der Waals surface area (Å²) in [4.78, 5) is 29.0. The summed E-state index contributed by atoms with van der Waals surface area (Å²) in [6, 6.07) is 9.56. The first-order valence-electron chi connectivity index (χ1n) is 10.6. The van der Waals surface area contributed by atoms with Gasteiger partial charge in [-0.05, 0) is 49.2 Å². The fourth-order valence-electron chi connectivity index (χ4n) is 4.03. The topological polar surface area (TPSA) is 91.1 Å². The molecule has 2 saturated heterocycles. The van der Waals surface area contributed by atoms with Gasteiger partial charge in [0.2, 0.25) is 15.8 Å². The molecule has 4 rings (SSSR count). The van der Waals surface area contributed by atoms with E-state index in [1.165, 1.54) is 22.7 Å². The predicted molar refractivity (Wildman–Crippen MR) is 114 cm³/mol. The van der Waals surface area contributed by atoms with E-state index in [1.807, 2.05) is 4.90 Å². The third-order valence-corrected chi connectivity index (χ3v) is 7.79. The SMILES string of the molecule is O=C(CN1CCN(C(=O)c2ccc(S(=O)(=O)N3CCCCC3)cc2)CC1)c1ccco1. The molecule has 0 saturated carbocycles. The Kier molecular flexibility index (Phi) is 6.54. The van der Waals surface area contributed by atoms with Gasteiger partial charge >= 0.3 is 0 Å². The molecule has 1 aromatic heterocycles. The molecule has 0 aliphatic carbocycles. The number of furan rings is 1. The summed E-state index contributed by atoms with van der Waals surface area (Å²) < 4.78 is 32.2. The molecule has 2 aliphatic rings. The number of hydrogen-bond donors (Lipinski definition) is 0. The summed E-state index contributed by atoms with van der Waals surface area (Å²) in [6.45, 7) is 3.58. The molecule has 1 aromatic carbocycles.